The van der Waals surface area contributed by atoms with Crippen LogP contribution < -0.4 is 20.7 Å². The Morgan fingerprint density at radius 1 is 0.505 bits per heavy atom. The van der Waals surface area contributed by atoms with E-state index in [9.17, 15) is 0 Å². The van der Waals surface area contributed by atoms with Crippen molar-refractivity contribution < 1.29 is 4.42 Å². The van der Waals surface area contributed by atoms with Crippen LogP contribution in [-0.2, 0) is 37.9 Å². The average molecular weight is 1230 g/mol. The van der Waals surface area contributed by atoms with E-state index in [2.05, 4.69) is 277 Å². The molecule has 9 aromatic carbocycles. The molecule has 0 spiro atoms. The van der Waals surface area contributed by atoms with E-state index in [4.69, 9.17) is 4.42 Å². The first-order valence-electron chi connectivity index (χ1n) is 35.2. The smallest absolute Gasteiger partial charge is 0.243 e. The SMILES string of the molecule is CC(C)(C)c1ccc(N(c2cc3c4c(c2)N(c2ccc5c(c2)C(C)(C)CCC5(C)C)C2=C(B4c4cc(-c5cccc6c5oc5ccccc56)cc5c4C3C3(C)CCCCC53C)C(C)(C)c3cc4c(cc32)C(C)(C)CCC4(C)C)c2ccc3sc4ccccc4c3c2)cc1. The Bertz CT molecular complexity index is 5130. The van der Waals surface area contributed by atoms with E-state index in [1.165, 1.54) is 164 Å². The predicted molar refractivity (Wildman–Crippen MR) is 398 cm³/mol. The fraction of sp³-hybridized carbons (Fsp3) is 0.364. The van der Waals surface area contributed by atoms with Gasteiger partial charge in [0.25, 0.3) is 0 Å². The van der Waals surface area contributed by atoms with Gasteiger partial charge in [0, 0.05) is 87.5 Å². The van der Waals surface area contributed by atoms with Crippen molar-refractivity contribution in [2.24, 2.45) is 5.41 Å². The van der Waals surface area contributed by atoms with Crippen LogP contribution in [0.1, 0.15) is 217 Å². The van der Waals surface area contributed by atoms with Crippen LogP contribution in [0.2, 0.25) is 0 Å². The third-order valence-electron chi connectivity index (χ3n) is 26.0. The van der Waals surface area contributed by atoms with Crippen molar-refractivity contribution in [3.05, 3.63) is 225 Å². The molecule has 0 N–H and O–H groups in total. The first-order chi connectivity index (χ1) is 44.2. The molecule has 4 heterocycles. The molecule has 466 valence electrons. The standard InChI is InChI=1S/C88H89BN2OS/c1-81(2,3)52-29-31-53(32-30-52)90(54-34-36-74-61(45-54)59-24-17-19-28-73(59)93-74)56-46-63-76-75-69(87(14)37-20-21-38-88(76,87)15)43-51(57-25-22-26-60-58-23-16-18-27-72(58)92-79(57)60)44-70(75)89-77(63)71(48-56)91(55-33-35-64-66(47-55)83(6,7)40-39-82(64,4)5)78-62-49-67-68(50-65(62)86(12,13)80(78)89)85(10,11)42-41-84(67,8)9/h16-19,22-36,43-50,76H,20-21,37-42H2,1-15H3. The van der Waals surface area contributed by atoms with Gasteiger partial charge in [0.1, 0.15) is 11.2 Å². The van der Waals surface area contributed by atoms with Gasteiger partial charge < -0.3 is 14.2 Å². The summed E-state index contributed by atoms with van der Waals surface area (Å²) in [6.45, 7) is 37.8. The van der Waals surface area contributed by atoms with Gasteiger partial charge in [-0.1, -0.05) is 219 Å². The zero-order valence-corrected chi connectivity index (χ0v) is 58.4. The van der Waals surface area contributed by atoms with E-state index in [1.54, 1.807) is 16.6 Å². The summed E-state index contributed by atoms with van der Waals surface area (Å²) in [5, 5.41) is 5.00. The molecule has 0 saturated heterocycles. The Balaban J connectivity index is 1.00. The van der Waals surface area contributed by atoms with Crippen LogP contribution >= 0.6 is 11.3 Å². The number of furan rings is 1. The summed E-state index contributed by atoms with van der Waals surface area (Å²) in [5.74, 6) is 0.148. The first-order valence-corrected chi connectivity index (χ1v) is 36.0. The van der Waals surface area contributed by atoms with Gasteiger partial charge in [-0.3, -0.25) is 0 Å². The minimum absolute atomic E-state index is 0.00197. The Morgan fingerprint density at radius 3 is 1.89 bits per heavy atom. The van der Waals surface area contributed by atoms with Crippen molar-refractivity contribution in [3.63, 3.8) is 0 Å². The van der Waals surface area contributed by atoms with Crippen molar-refractivity contribution in [1.82, 2.24) is 0 Å². The van der Waals surface area contributed by atoms with Crippen LogP contribution in [0.5, 0.6) is 0 Å². The summed E-state index contributed by atoms with van der Waals surface area (Å²) < 4.78 is 9.72. The number of allylic oxidation sites excluding steroid dienone is 1. The highest BCUT2D eigenvalue weighted by Crippen LogP contribution is 2.69. The number of fused-ring (bicyclic) bond motifs is 16. The summed E-state index contributed by atoms with van der Waals surface area (Å²) in [7, 11) is 0. The van der Waals surface area contributed by atoms with Crippen molar-refractivity contribution in [1.29, 1.82) is 0 Å². The third kappa shape index (κ3) is 7.84. The molecule has 5 heteroatoms. The lowest BCUT2D eigenvalue weighted by Crippen LogP contribution is -2.59. The molecule has 0 bridgehead atoms. The normalized spacial score (nSPS) is 23.0. The number of anilines is 5. The molecule has 3 atom stereocenters. The highest BCUT2D eigenvalue weighted by atomic mass is 32.1. The summed E-state index contributed by atoms with van der Waals surface area (Å²) >= 11 is 1.91. The monoisotopic (exact) mass is 1230 g/mol. The molecule has 2 aliphatic heterocycles. The van der Waals surface area contributed by atoms with Gasteiger partial charge in [0.2, 0.25) is 6.71 Å². The van der Waals surface area contributed by atoms with Crippen LogP contribution in [0.4, 0.5) is 28.4 Å². The van der Waals surface area contributed by atoms with E-state index in [1.807, 2.05) is 11.3 Å². The maximum Gasteiger partial charge on any atom is 0.243 e. The third-order valence-corrected chi connectivity index (χ3v) is 27.1. The molecule has 18 rings (SSSR count). The van der Waals surface area contributed by atoms with Crippen molar-refractivity contribution in [3.8, 4) is 11.1 Å². The van der Waals surface area contributed by atoms with Crippen LogP contribution in [0.25, 0.3) is 58.9 Å². The fourth-order valence-electron chi connectivity index (χ4n) is 20.2. The highest BCUT2D eigenvalue weighted by Gasteiger charge is 2.64. The Kier molecular flexibility index (Phi) is 11.8. The van der Waals surface area contributed by atoms with E-state index < -0.39 is 0 Å². The number of thiophene rings is 1. The molecule has 3 nitrogen and oxygen atoms in total. The minimum Gasteiger partial charge on any atom is -0.455 e. The van der Waals surface area contributed by atoms with Gasteiger partial charge in [0.05, 0.1) is 0 Å². The number of rotatable bonds is 5. The summed E-state index contributed by atoms with van der Waals surface area (Å²) in [4.78, 5) is 5.54. The lowest BCUT2D eigenvalue weighted by molar-refractivity contribution is 0.0926. The molecule has 0 radical (unpaired) electrons. The maximum atomic E-state index is 7.07. The number of hydrogen-bond acceptors (Lipinski definition) is 4. The molecule has 5 aliphatic carbocycles. The molecular weight excluding hydrogens is 1140 g/mol. The number of hydrogen-bond donors (Lipinski definition) is 0. The van der Waals surface area contributed by atoms with Crippen molar-refractivity contribution in [2.45, 2.75) is 199 Å². The second-order valence-electron chi connectivity index (χ2n) is 34.4. The molecule has 0 amide bonds. The second kappa shape index (κ2) is 18.9. The number of nitrogens with zero attached hydrogens (tertiary/aromatic N) is 2. The van der Waals surface area contributed by atoms with Crippen LogP contribution in [0, 0.1) is 5.41 Å². The van der Waals surface area contributed by atoms with Gasteiger partial charge in [-0.25, -0.2) is 0 Å². The molecule has 11 aromatic rings. The molecule has 1 saturated carbocycles. The molecule has 93 heavy (non-hydrogen) atoms. The fourth-order valence-corrected chi connectivity index (χ4v) is 21.3. The van der Waals surface area contributed by atoms with Crippen LogP contribution in [-0.4, -0.2) is 6.71 Å². The molecule has 1 fully saturated rings. The molecule has 3 unspecified atom stereocenters. The Labute approximate surface area is 556 Å². The zero-order chi connectivity index (χ0) is 64.2. The zero-order valence-electron chi connectivity index (χ0n) is 57.6. The molecule has 7 aliphatic rings. The first kappa shape index (κ1) is 58.0. The minimum atomic E-state index is -0.351. The highest BCUT2D eigenvalue weighted by molar-refractivity contribution is 7.25. The van der Waals surface area contributed by atoms with Crippen LogP contribution in [0.3, 0.4) is 0 Å². The predicted octanol–water partition coefficient (Wildman–Crippen LogP) is 23.4. The number of benzene rings is 9. The molecular formula is C88H89BN2OS. The Hall–Kier alpha value is -7.60. The Morgan fingerprint density at radius 2 is 1.15 bits per heavy atom. The van der Waals surface area contributed by atoms with Crippen LogP contribution in [0.15, 0.2) is 174 Å². The summed E-state index contributed by atoms with van der Waals surface area (Å²) in [6.07, 6.45) is 9.45. The average Bonchev–Trinajstić information content (AvgIpc) is 1.52. The van der Waals surface area contributed by atoms with E-state index in [-0.39, 0.29) is 56.0 Å². The topological polar surface area (TPSA) is 19.6 Å². The second-order valence-corrected chi connectivity index (χ2v) is 35.5. The van der Waals surface area contributed by atoms with Gasteiger partial charge >= 0.3 is 0 Å². The quantitative estimate of drug-likeness (QED) is 0.160. The summed E-state index contributed by atoms with van der Waals surface area (Å²) in [5.41, 5.74) is 31.1. The lowest BCUT2D eigenvalue weighted by Gasteiger charge is -2.51. The van der Waals surface area contributed by atoms with E-state index >= 15 is 0 Å². The summed E-state index contributed by atoms with van der Waals surface area (Å²) in [6, 6.07) is 65.7. The van der Waals surface area contributed by atoms with Gasteiger partial charge in [-0.05, 0) is 210 Å². The van der Waals surface area contributed by atoms with Gasteiger partial charge in [-0.15, -0.1) is 11.3 Å². The van der Waals surface area contributed by atoms with Crippen molar-refractivity contribution >= 4 is 105 Å². The van der Waals surface area contributed by atoms with E-state index in [0.29, 0.717) is 0 Å². The van der Waals surface area contributed by atoms with Crippen molar-refractivity contribution in [2.75, 3.05) is 9.80 Å². The maximum absolute atomic E-state index is 7.07. The lowest BCUT2D eigenvalue weighted by atomic mass is 9.28. The van der Waals surface area contributed by atoms with E-state index in [0.717, 1.165) is 30.4 Å². The van der Waals surface area contributed by atoms with Gasteiger partial charge in [-0.2, -0.15) is 0 Å². The largest absolute Gasteiger partial charge is 0.455 e. The number of para-hydroxylation sites is 2. The molecule has 2 aromatic heterocycles. The van der Waals surface area contributed by atoms with Gasteiger partial charge in [0.15, 0.2) is 0 Å².